The number of likely N-dealkylation sites (N-methyl/N-ethyl adjacent to an activating group) is 1. The maximum Gasteiger partial charge on any atom is 0.228 e. The van der Waals surface area contributed by atoms with Gasteiger partial charge in [-0.15, -0.1) is 11.3 Å². The second-order valence-electron chi connectivity index (χ2n) is 5.15. The Morgan fingerprint density at radius 3 is 2.89 bits per heavy atom. The standard InChI is InChI=1S/C13H18N4OS/c1-14-13(5-3-2-4-6-13)7-11-16-12(17-18-11)10-8-19-9-15-10/h8-9,14H,2-7H2,1H3. The number of thiazole rings is 1. The van der Waals surface area contributed by atoms with Gasteiger partial charge in [0.15, 0.2) is 0 Å². The Morgan fingerprint density at radius 2 is 2.21 bits per heavy atom. The average molecular weight is 278 g/mol. The highest BCUT2D eigenvalue weighted by Gasteiger charge is 2.32. The summed E-state index contributed by atoms with van der Waals surface area (Å²) in [5.41, 5.74) is 2.70. The van der Waals surface area contributed by atoms with Crippen molar-refractivity contribution in [2.45, 2.75) is 44.1 Å². The molecule has 0 saturated heterocycles. The van der Waals surface area contributed by atoms with E-state index in [0.717, 1.165) is 12.1 Å². The maximum atomic E-state index is 5.38. The maximum absolute atomic E-state index is 5.38. The van der Waals surface area contributed by atoms with Crippen molar-refractivity contribution in [1.82, 2.24) is 20.4 Å². The van der Waals surface area contributed by atoms with Gasteiger partial charge in [0, 0.05) is 17.3 Å². The third-order valence-corrected chi connectivity index (χ3v) is 4.55. The van der Waals surface area contributed by atoms with Gasteiger partial charge >= 0.3 is 0 Å². The van der Waals surface area contributed by atoms with E-state index in [9.17, 15) is 0 Å². The molecular formula is C13H18N4OS. The first-order chi connectivity index (χ1) is 9.31. The van der Waals surface area contributed by atoms with Crippen molar-refractivity contribution in [2.75, 3.05) is 7.05 Å². The number of hydrogen-bond donors (Lipinski definition) is 1. The molecule has 19 heavy (non-hydrogen) atoms. The first-order valence-corrected chi connectivity index (χ1v) is 7.66. The zero-order valence-corrected chi connectivity index (χ0v) is 11.9. The summed E-state index contributed by atoms with van der Waals surface area (Å²) < 4.78 is 5.38. The molecule has 0 unspecified atom stereocenters. The van der Waals surface area contributed by atoms with Crippen molar-refractivity contribution in [3.63, 3.8) is 0 Å². The number of rotatable bonds is 4. The van der Waals surface area contributed by atoms with Crippen molar-refractivity contribution < 1.29 is 4.52 Å². The van der Waals surface area contributed by atoms with E-state index in [2.05, 4.69) is 20.4 Å². The van der Waals surface area contributed by atoms with Crippen LogP contribution in [-0.2, 0) is 6.42 Å². The topological polar surface area (TPSA) is 63.8 Å². The molecule has 3 rings (SSSR count). The number of hydrogen-bond acceptors (Lipinski definition) is 6. The summed E-state index contributed by atoms with van der Waals surface area (Å²) in [6.07, 6.45) is 7.04. The van der Waals surface area contributed by atoms with E-state index >= 15 is 0 Å². The molecule has 5 nitrogen and oxygen atoms in total. The Hall–Kier alpha value is -1.27. The van der Waals surface area contributed by atoms with Gasteiger partial charge in [-0.1, -0.05) is 24.4 Å². The molecule has 1 fully saturated rings. The van der Waals surface area contributed by atoms with Gasteiger partial charge in [0.05, 0.1) is 5.51 Å². The number of nitrogens with zero attached hydrogens (tertiary/aromatic N) is 3. The van der Waals surface area contributed by atoms with Crippen molar-refractivity contribution in [1.29, 1.82) is 0 Å². The van der Waals surface area contributed by atoms with E-state index < -0.39 is 0 Å². The number of nitrogens with one attached hydrogen (secondary N) is 1. The predicted octanol–water partition coefficient (Wildman–Crippen LogP) is 2.66. The molecule has 0 spiro atoms. The van der Waals surface area contributed by atoms with Gasteiger partial charge in [-0.3, -0.25) is 0 Å². The Kier molecular flexibility index (Phi) is 3.61. The van der Waals surface area contributed by atoms with Crippen LogP contribution in [0.3, 0.4) is 0 Å². The summed E-state index contributed by atoms with van der Waals surface area (Å²) in [7, 11) is 2.03. The van der Waals surface area contributed by atoms with Crippen molar-refractivity contribution in [2.24, 2.45) is 0 Å². The molecule has 1 aliphatic rings. The van der Waals surface area contributed by atoms with Crippen molar-refractivity contribution in [3.8, 4) is 11.5 Å². The number of aromatic nitrogens is 3. The van der Waals surface area contributed by atoms with Gasteiger partial charge < -0.3 is 9.84 Å². The SMILES string of the molecule is CNC1(Cc2nc(-c3cscn3)no2)CCCCC1. The normalized spacial score (nSPS) is 18.6. The lowest BCUT2D eigenvalue weighted by Crippen LogP contribution is -2.46. The lowest BCUT2D eigenvalue weighted by atomic mass is 9.79. The van der Waals surface area contributed by atoms with E-state index in [-0.39, 0.29) is 5.54 Å². The molecule has 0 aliphatic heterocycles. The highest BCUT2D eigenvalue weighted by molar-refractivity contribution is 7.07. The van der Waals surface area contributed by atoms with Crippen LogP contribution in [0.1, 0.15) is 38.0 Å². The van der Waals surface area contributed by atoms with Gasteiger partial charge in [0.1, 0.15) is 5.69 Å². The molecule has 2 aromatic rings. The fourth-order valence-corrected chi connectivity index (χ4v) is 3.32. The second-order valence-corrected chi connectivity index (χ2v) is 5.87. The Balaban J connectivity index is 1.76. The molecule has 1 aliphatic carbocycles. The highest BCUT2D eigenvalue weighted by atomic mass is 32.1. The third-order valence-electron chi connectivity index (χ3n) is 3.96. The first-order valence-electron chi connectivity index (χ1n) is 6.71. The Labute approximate surface area is 116 Å². The average Bonchev–Trinajstić information content (AvgIpc) is 3.10. The highest BCUT2D eigenvalue weighted by Crippen LogP contribution is 2.31. The summed E-state index contributed by atoms with van der Waals surface area (Å²) in [6.45, 7) is 0. The smallest absolute Gasteiger partial charge is 0.228 e. The Bertz CT molecular complexity index is 516. The van der Waals surface area contributed by atoms with Crippen LogP contribution in [0.5, 0.6) is 0 Å². The molecular weight excluding hydrogens is 260 g/mol. The minimum atomic E-state index is 0.129. The summed E-state index contributed by atoms with van der Waals surface area (Å²) in [5, 5.41) is 9.42. The molecule has 102 valence electrons. The van der Waals surface area contributed by atoms with E-state index in [1.807, 2.05) is 12.4 Å². The molecule has 0 bridgehead atoms. The molecule has 2 aromatic heterocycles. The first kappa shape index (κ1) is 12.7. The minimum Gasteiger partial charge on any atom is -0.339 e. The van der Waals surface area contributed by atoms with Gasteiger partial charge in [-0.25, -0.2) is 4.98 Å². The van der Waals surface area contributed by atoms with Crippen LogP contribution >= 0.6 is 11.3 Å². The van der Waals surface area contributed by atoms with Crippen molar-refractivity contribution in [3.05, 3.63) is 16.8 Å². The zero-order chi connectivity index (χ0) is 13.1. The molecule has 1 N–H and O–H groups in total. The molecule has 2 heterocycles. The minimum absolute atomic E-state index is 0.129. The van der Waals surface area contributed by atoms with E-state index in [1.165, 1.54) is 43.4 Å². The van der Waals surface area contributed by atoms with Crippen LogP contribution in [0.15, 0.2) is 15.4 Å². The summed E-state index contributed by atoms with van der Waals surface area (Å²) in [6, 6.07) is 0. The summed E-state index contributed by atoms with van der Waals surface area (Å²) >= 11 is 1.54. The van der Waals surface area contributed by atoms with Crippen LogP contribution in [0.2, 0.25) is 0 Å². The lowest BCUT2D eigenvalue weighted by Gasteiger charge is -2.36. The van der Waals surface area contributed by atoms with Crippen LogP contribution in [-0.4, -0.2) is 27.7 Å². The lowest BCUT2D eigenvalue weighted by molar-refractivity contribution is 0.221. The van der Waals surface area contributed by atoms with Gasteiger partial charge in [0.2, 0.25) is 11.7 Å². The predicted molar refractivity (Wildman–Crippen MR) is 74.0 cm³/mol. The zero-order valence-electron chi connectivity index (χ0n) is 11.1. The fraction of sp³-hybridized carbons (Fsp3) is 0.615. The molecule has 0 aromatic carbocycles. The van der Waals surface area contributed by atoms with Crippen molar-refractivity contribution >= 4 is 11.3 Å². The fourth-order valence-electron chi connectivity index (χ4n) is 2.79. The second kappa shape index (κ2) is 5.38. The van der Waals surface area contributed by atoms with Gasteiger partial charge in [0.25, 0.3) is 0 Å². The third kappa shape index (κ3) is 2.69. The molecule has 1 saturated carbocycles. The molecule has 0 atom stereocenters. The molecule has 6 heteroatoms. The monoisotopic (exact) mass is 278 g/mol. The van der Waals surface area contributed by atoms with E-state index in [0.29, 0.717) is 11.7 Å². The van der Waals surface area contributed by atoms with Gasteiger partial charge in [-0.2, -0.15) is 4.98 Å². The quantitative estimate of drug-likeness (QED) is 0.931. The Morgan fingerprint density at radius 1 is 1.37 bits per heavy atom. The molecule has 0 radical (unpaired) electrons. The van der Waals surface area contributed by atoms with Crippen LogP contribution < -0.4 is 5.32 Å². The molecule has 0 amide bonds. The van der Waals surface area contributed by atoms with Crippen LogP contribution in [0.25, 0.3) is 11.5 Å². The van der Waals surface area contributed by atoms with E-state index in [4.69, 9.17) is 4.52 Å². The van der Waals surface area contributed by atoms with Gasteiger partial charge in [-0.05, 0) is 19.9 Å². The largest absolute Gasteiger partial charge is 0.339 e. The van der Waals surface area contributed by atoms with Crippen LogP contribution in [0, 0.1) is 0 Å². The van der Waals surface area contributed by atoms with Crippen LogP contribution in [0.4, 0.5) is 0 Å². The summed E-state index contributed by atoms with van der Waals surface area (Å²) in [4.78, 5) is 8.67. The van der Waals surface area contributed by atoms with E-state index in [1.54, 1.807) is 5.51 Å². The summed E-state index contributed by atoms with van der Waals surface area (Å²) in [5.74, 6) is 1.30.